The average Bonchev–Trinajstić information content (AvgIpc) is 2.48. The van der Waals surface area contributed by atoms with Crippen LogP contribution in [0.2, 0.25) is 0 Å². The van der Waals surface area contributed by atoms with Crippen molar-refractivity contribution in [2.24, 2.45) is 5.73 Å². The van der Waals surface area contributed by atoms with Crippen molar-refractivity contribution in [3.8, 4) is 0 Å². The van der Waals surface area contributed by atoms with Crippen LogP contribution in [0.3, 0.4) is 0 Å². The molecule has 0 bridgehead atoms. The Bertz CT molecular complexity index is 487. The number of nitrogens with one attached hydrogen (secondary N) is 1. The molecule has 6 atom stereocenters. The number of halogens is 1. The highest BCUT2D eigenvalue weighted by atomic mass is 79.9. The molecule has 1 aliphatic heterocycles. The van der Waals surface area contributed by atoms with Gasteiger partial charge in [-0.15, -0.1) is 17.0 Å². The zero-order chi connectivity index (χ0) is 15.6. The van der Waals surface area contributed by atoms with Gasteiger partial charge >= 0.3 is 0 Å². The lowest BCUT2D eigenvalue weighted by Gasteiger charge is -2.43. The lowest BCUT2D eigenvalue weighted by atomic mass is 9.83. The van der Waals surface area contributed by atoms with Crippen LogP contribution in [0.25, 0.3) is 0 Å². The molecule has 0 aliphatic carbocycles. The second-order valence-corrected chi connectivity index (χ2v) is 5.14. The second kappa shape index (κ2) is 8.00. The van der Waals surface area contributed by atoms with Gasteiger partial charge in [0.1, 0.15) is 36.4 Å². The number of rotatable bonds is 4. The van der Waals surface area contributed by atoms with Gasteiger partial charge in [-0.25, -0.2) is 0 Å². The molecule has 0 spiro atoms. The van der Waals surface area contributed by atoms with Crippen molar-refractivity contribution in [3.05, 3.63) is 35.9 Å². The van der Waals surface area contributed by atoms with Crippen LogP contribution in [0, 0.1) is 5.41 Å². The van der Waals surface area contributed by atoms with E-state index in [9.17, 15) is 20.4 Å². The summed E-state index contributed by atoms with van der Waals surface area (Å²) in [5.41, 5.74) is 6.26. The Morgan fingerprint density at radius 3 is 2.23 bits per heavy atom. The van der Waals surface area contributed by atoms with Gasteiger partial charge in [0.25, 0.3) is 0 Å². The van der Waals surface area contributed by atoms with Crippen LogP contribution >= 0.6 is 17.0 Å². The van der Waals surface area contributed by atoms with Crippen LogP contribution in [0.1, 0.15) is 11.5 Å². The van der Waals surface area contributed by atoms with Crippen LogP contribution in [-0.2, 0) is 4.74 Å². The molecule has 22 heavy (non-hydrogen) atoms. The Kier molecular flexibility index (Phi) is 6.92. The SMILES string of the molecule is Br.N=C(N)C(c1ccccc1)[C@H]1O[C@H](CO)[C@H](O)[C@H](O)[C@H]1O. The van der Waals surface area contributed by atoms with Crippen molar-refractivity contribution < 1.29 is 25.2 Å². The number of hydrogen-bond donors (Lipinski definition) is 6. The van der Waals surface area contributed by atoms with E-state index in [-0.39, 0.29) is 22.8 Å². The van der Waals surface area contributed by atoms with E-state index in [1.54, 1.807) is 30.3 Å². The smallest absolute Gasteiger partial charge is 0.111 e. The standard InChI is InChI=1S/C14H20N2O5.BrH/c15-14(16)9(7-4-2-1-3-5-7)13-12(20)11(19)10(18)8(6-17)21-13;/h1-5,8-13,17-20H,6H2,(H3,15,16);1H/t8-,9?,10+,11+,12-,13-;/m1./s1. The van der Waals surface area contributed by atoms with Crippen molar-refractivity contribution in [1.29, 1.82) is 5.41 Å². The molecule has 2 rings (SSSR count). The summed E-state index contributed by atoms with van der Waals surface area (Å²) < 4.78 is 5.48. The topological polar surface area (TPSA) is 140 Å². The Morgan fingerprint density at radius 2 is 1.73 bits per heavy atom. The fraction of sp³-hybridized carbons (Fsp3) is 0.500. The molecule has 7 nitrogen and oxygen atoms in total. The third-order valence-corrected chi connectivity index (χ3v) is 3.75. The molecule has 0 aromatic heterocycles. The fourth-order valence-corrected chi connectivity index (χ4v) is 2.61. The molecule has 1 aliphatic rings. The molecule has 0 radical (unpaired) electrons. The minimum Gasteiger partial charge on any atom is -0.394 e. The molecule has 0 amide bonds. The first-order valence-corrected chi connectivity index (χ1v) is 6.66. The number of aliphatic hydroxyl groups is 4. The number of amidine groups is 1. The normalized spacial score (nSPS) is 32.8. The van der Waals surface area contributed by atoms with E-state index in [0.29, 0.717) is 5.56 Å². The molecule has 1 unspecified atom stereocenters. The third kappa shape index (κ3) is 3.65. The average molecular weight is 377 g/mol. The molecule has 0 saturated carbocycles. The Morgan fingerprint density at radius 1 is 1.14 bits per heavy atom. The number of aliphatic hydroxyl groups excluding tert-OH is 4. The molecular formula is C14H21BrN2O5. The van der Waals surface area contributed by atoms with Crippen LogP contribution in [0.15, 0.2) is 30.3 Å². The van der Waals surface area contributed by atoms with E-state index in [1.165, 1.54) is 0 Å². The highest BCUT2D eigenvalue weighted by molar-refractivity contribution is 8.93. The molecule has 1 aromatic carbocycles. The van der Waals surface area contributed by atoms with Crippen molar-refractivity contribution in [1.82, 2.24) is 0 Å². The van der Waals surface area contributed by atoms with Gasteiger partial charge in [-0.3, -0.25) is 5.41 Å². The number of benzene rings is 1. The third-order valence-electron chi connectivity index (χ3n) is 3.75. The van der Waals surface area contributed by atoms with E-state index >= 15 is 0 Å². The summed E-state index contributed by atoms with van der Waals surface area (Å²) in [5, 5.41) is 46.7. The van der Waals surface area contributed by atoms with Crippen LogP contribution < -0.4 is 5.73 Å². The summed E-state index contributed by atoms with van der Waals surface area (Å²) in [6.07, 6.45) is -6.37. The first-order chi connectivity index (χ1) is 9.97. The fourth-order valence-electron chi connectivity index (χ4n) is 2.61. The molecule has 8 heteroatoms. The van der Waals surface area contributed by atoms with Crippen LogP contribution in [0.5, 0.6) is 0 Å². The van der Waals surface area contributed by atoms with E-state index < -0.39 is 43.0 Å². The lowest BCUT2D eigenvalue weighted by molar-refractivity contribution is -0.230. The predicted octanol–water partition coefficient (Wildman–Crippen LogP) is -0.874. The summed E-state index contributed by atoms with van der Waals surface area (Å²) in [4.78, 5) is 0. The minimum absolute atomic E-state index is 0. The van der Waals surface area contributed by atoms with E-state index in [1.807, 2.05) is 0 Å². The highest BCUT2D eigenvalue weighted by Gasteiger charge is 2.47. The maximum atomic E-state index is 10.1. The number of hydrogen-bond acceptors (Lipinski definition) is 6. The monoisotopic (exact) mass is 376 g/mol. The quantitative estimate of drug-likeness (QED) is 0.298. The van der Waals surface area contributed by atoms with Crippen molar-refractivity contribution in [2.75, 3.05) is 6.61 Å². The maximum absolute atomic E-state index is 10.1. The van der Waals surface area contributed by atoms with Crippen molar-refractivity contribution in [2.45, 2.75) is 36.4 Å². The predicted molar refractivity (Wildman–Crippen MR) is 85.2 cm³/mol. The molecule has 7 N–H and O–H groups in total. The van der Waals surface area contributed by atoms with Crippen molar-refractivity contribution >= 4 is 22.8 Å². The van der Waals surface area contributed by atoms with E-state index in [4.69, 9.17) is 15.9 Å². The van der Waals surface area contributed by atoms with Crippen molar-refractivity contribution in [3.63, 3.8) is 0 Å². The highest BCUT2D eigenvalue weighted by Crippen LogP contribution is 2.31. The molecular weight excluding hydrogens is 356 g/mol. The molecule has 1 aromatic rings. The van der Waals surface area contributed by atoms with E-state index in [0.717, 1.165) is 0 Å². The summed E-state index contributed by atoms with van der Waals surface area (Å²) in [6.45, 7) is -0.513. The van der Waals surface area contributed by atoms with Gasteiger partial charge in [-0.05, 0) is 5.56 Å². The number of nitrogens with two attached hydrogens (primary N) is 1. The Balaban J connectivity index is 0.00000242. The van der Waals surface area contributed by atoms with Gasteiger partial charge in [-0.2, -0.15) is 0 Å². The first-order valence-electron chi connectivity index (χ1n) is 6.66. The van der Waals surface area contributed by atoms with E-state index in [2.05, 4.69) is 0 Å². The first kappa shape index (κ1) is 19.0. The Hall–Kier alpha value is -1.03. The lowest BCUT2D eigenvalue weighted by Crippen LogP contribution is -2.61. The molecule has 1 saturated heterocycles. The van der Waals surface area contributed by atoms with Gasteiger partial charge < -0.3 is 30.9 Å². The van der Waals surface area contributed by atoms with Gasteiger partial charge in [0.2, 0.25) is 0 Å². The summed E-state index contributed by atoms with van der Waals surface area (Å²) in [5.74, 6) is -1.01. The molecule has 124 valence electrons. The summed E-state index contributed by atoms with van der Waals surface area (Å²) in [7, 11) is 0. The van der Waals surface area contributed by atoms with Gasteiger partial charge in [0.15, 0.2) is 0 Å². The molecule has 1 fully saturated rings. The zero-order valence-electron chi connectivity index (χ0n) is 11.7. The molecule has 1 heterocycles. The number of ether oxygens (including phenoxy) is 1. The second-order valence-electron chi connectivity index (χ2n) is 5.14. The largest absolute Gasteiger partial charge is 0.394 e. The minimum atomic E-state index is -1.48. The zero-order valence-corrected chi connectivity index (χ0v) is 13.5. The summed E-state index contributed by atoms with van der Waals surface area (Å²) >= 11 is 0. The summed E-state index contributed by atoms with van der Waals surface area (Å²) in [6, 6.07) is 8.78. The van der Waals surface area contributed by atoms with Gasteiger partial charge in [0.05, 0.1) is 12.5 Å². The van der Waals surface area contributed by atoms with Gasteiger partial charge in [0, 0.05) is 0 Å². The Labute approximate surface area is 138 Å². The maximum Gasteiger partial charge on any atom is 0.111 e. The van der Waals surface area contributed by atoms with Crippen LogP contribution in [-0.4, -0.2) is 63.4 Å². The van der Waals surface area contributed by atoms with Gasteiger partial charge in [-0.1, -0.05) is 30.3 Å². The van der Waals surface area contributed by atoms with Crippen LogP contribution in [0.4, 0.5) is 0 Å².